The Kier molecular flexibility index (Phi) is 2.82. The molecule has 3 nitrogen and oxygen atoms in total. The van der Waals surface area contributed by atoms with Crippen LogP contribution < -0.4 is 5.32 Å². The van der Waals surface area contributed by atoms with E-state index in [0.29, 0.717) is 12.1 Å². The van der Waals surface area contributed by atoms with Gasteiger partial charge in [-0.05, 0) is 7.05 Å². The number of hydrogen-bond donors (Lipinski definition) is 1. The maximum Gasteiger partial charge on any atom is 0.451 e. The molecule has 6 heteroatoms. The van der Waals surface area contributed by atoms with Crippen LogP contribution in [0.15, 0.2) is 12.4 Å². The Morgan fingerprint density at radius 3 is 2.23 bits per heavy atom. The number of nitrogens with one attached hydrogen (secondary N) is 1. The van der Waals surface area contributed by atoms with Crippen molar-refractivity contribution in [1.82, 2.24) is 15.3 Å². The summed E-state index contributed by atoms with van der Waals surface area (Å²) in [7, 11) is 1.69. The van der Waals surface area contributed by atoms with Gasteiger partial charge < -0.3 is 5.32 Å². The molecule has 1 heterocycles. The fourth-order valence-corrected chi connectivity index (χ4v) is 0.797. The first-order valence-corrected chi connectivity index (χ1v) is 3.57. The summed E-state index contributed by atoms with van der Waals surface area (Å²) in [5.41, 5.74) is 0.621. The molecule has 0 amide bonds. The van der Waals surface area contributed by atoms with Crippen LogP contribution in [-0.4, -0.2) is 17.0 Å². The van der Waals surface area contributed by atoms with E-state index in [1.165, 1.54) is 0 Å². The molecule has 72 valence electrons. The molecule has 1 N–H and O–H groups in total. The van der Waals surface area contributed by atoms with Gasteiger partial charge in [-0.15, -0.1) is 0 Å². The zero-order chi connectivity index (χ0) is 9.90. The lowest BCUT2D eigenvalue weighted by atomic mass is 10.3. The van der Waals surface area contributed by atoms with Gasteiger partial charge in [0, 0.05) is 24.5 Å². The van der Waals surface area contributed by atoms with Gasteiger partial charge in [0.1, 0.15) is 0 Å². The second kappa shape index (κ2) is 3.69. The van der Waals surface area contributed by atoms with Crippen molar-refractivity contribution in [1.29, 1.82) is 0 Å². The molecular formula is C7H8F3N3. The molecule has 0 unspecified atom stereocenters. The van der Waals surface area contributed by atoms with Crippen LogP contribution in [0.4, 0.5) is 13.2 Å². The number of aromatic nitrogens is 2. The van der Waals surface area contributed by atoms with Crippen molar-refractivity contribution in [3.05, 3.63) is 23.8 Å². The quantitative estimate of drug-likeness (QED) is 0.763. The Hall–Kier alpha value is -1.17. The number of alkyl halides is 3. The van der Waals surface area contributed by atoms with Crippen molar-refractivity contribution in [2.45, 2.75) is 12.7 Å². The van der Waals surface area contributed by atoms with Crippen molar-refractivity contribution < 1.29 is 13.2 Å². The second-order valence-corrected chi connectivity index (χ2v) is 2.44. The first-order valence-electron chi connectivity index (χ1n) is 3.57. The number of rotatable bonds is 2. The lowest BCUT2D eigenvalue weighted by molar-refractivity contribution is -0.145. The van der Waals surface area contributed by atoms with Crippen molar-refractivity contribution in [2.75, 3.05) is 7.05 Å². The van der Waals surface area contributed by atoms with Crippen LogP contribution in [0.1, 0.15) is 11.4 Å². The fourth-order valence-electron chi connectivity index (χ4n) is 0.797. The van der Waals surface area contributed by atoms with Crippen LogP contribution in [0.5, 0.6) is 0 Å². The molecule has 0 fully saturated rings. The summed E-state index contributed by atoms with van der Waals surface area (Å²) in [6.07, 6.45) is -2.14. The standard InChI is InChI=1S/C7H8F3N3/c1-11-2-5-3-12-6(13-4-5)7(8,9)10/h3-4,11H,2H2,1H3. The van der Waals surface area contributed by atoms with Crippen molar-refractivity contribution in [3.8, 4) is 0 Å². The van der Waals surface area contributed by atoms with Gasteiger partial charge in [0.2, 0.25) is 5.82 Å². The summed E-state index contributed by atoms with van der Waals surface area (Å²) in [5.74, 6) is -1.10. The van der Waals surface area contributed by atoms with Crippen LogP contribution in [0.25, 0.3) is 0 Å². The van der Waals surface area contributed by atoms with Crippen LogP contribution >= 0.6 is 0 Å². The Morgan fingerprint density at radius 1 is 1.31 bits per heavy atom. The molecule has 0 aromatic carbocycles. The van der Waals surface area contributed by atoms with E-state index in [0.717, 1.165) is 12.4 Å². The van der Waals surface area contributed by atoms with E-state index in [9.17, 15) is 13.2 Å². The third-order valence-electron chi connectivity index (χ3n) is 1.34. The molecule has 0 atom stereocenters. The molecule has 1 rings (SSSR count). The smallest absolute Gasteiger partial charge is 0.316 e. The number of halogens is 3. The van der Waals surface area contributed by atoms with Crippen molar-refractivity contribution in [2.24, 2.45) is 0 Å². The van der Waals surface area contributed by atoms with Gasteiger partial charge in [-0.1, -0.05) is 0 Å². The minimum Gasteiger partial charge on any atom is -0.316 e. The highest BCUT2D eigenvalue weighted by Gasteiger charge is 2.34. The SMILES string of the molecule is CNCc1cnc(C(F)(F)F)nc1. The number of nitrogens with zero attached hydrogens (tertiary/aromatic N) is 2. The minimum absolute atomic E-state index is 0.456. The summed E-state index contributed by atoms with van der Waals surface area (Å²) in [6.45, 7) is 0.456. The van der Waals surface area contributed by atoms with Crippen LogP contribution in [-0.2, 0) is 12.7 Å². The van der Waals surface area contributed by atoms with E-state index >= 15 is 0 Å². The third kappa shape index (κ3) is 2.66. The Balaban J connectivity index is 2.81. The van der Waals surface area contributed by atoms with Crippen molar-refractivity contribution >= 4 is 0 Å². The maximum absolute atomic E-state index is 12.0. The molecule has 0 aliphatic heterocycles. The molecule has 0 radical (unpaired) electrons. The Bertz CT molecular complexity index is 267. The molecule has 0 saturated carbocycles. The van der Waals surface area contributed by atoms with Gasteiger partial charge in [-0.25, -0.2) is 9.97 Å². The Morgan fingerprint density at radius 2 is 1.85 bits per heavy atom. The molecule has 1 aromatic rings. The zero-order valence-electron chi connectivity index (χ0n) is 6.89. The summed E-state index contributed by atoms with van der Waals surface area (Å²) < 4.78 is 35.9. The van der Waals surface area contributed by atoms with Crippen LogP contribution in [0.3, 0.4) is 0 Å². The zero-order valence-corrected chi connectivity index (χ0v) is 6.89. The normalized spacial score (nSPS) is 11.7. The molecule has 0 saturated heterocycles. The van der Waals surface area contributed by atoms with E-state index in [1.807, 2.05) is 0 Å². The molecule has 0 aliphatic rings. The summed E-state index contributed by atoms with van der Waals surface area (Å²) in [6, 6.07) is 0. The van der Waals surface area contributed by atoms with E-state index in [-0.39, 0.29) is 0 Å². The molecular weight excluding hydrogens is 183 g/mol. The second-order valence-electron chi connectivity index (χ2n) is 2.44. The summed E-state index contributed by atoms with van der Waals surface area (Å²) in [5, 5.41) is 2.78. The average molecular weight is 191 g/mol. The lowest BCUT2D eigenvalue weighted by Gasteiger charge is -2.04. The molecule has 0 aliphatic carbocycles. The van der Waals surface area contributed by atoms with E-state index < -0.39 is 12.0 Å². The number of hydrogen-bond acceptors (Lipinski definition) is 3. The van der Waals surface area contributed by atoms with Gasteiger partial charge in [-0.3, -0.25) is 0 Å². The van der Waals surface area contributed by atoms with Gasteiger partial charge in [-0.2, -0.15) is 13.2 Å². The summed E-state index contributed by atoms with van der Waals surface area (Å²) >= 11 is 0. The van der Waals surface area contributed by atoms with Crippen LogP contribution in [0, 0.1) is 0 Å². The first kappa shape index (κ1) is 9.91. The fraction of sp³-hybridized carbons (Fsp3) is 0.429. The van der Waals surface area contributed by atoms with E-state index in [4.69, 9.17) is 0 Å². The average Bonchev–Trinajstić information content (AvgIpc) is 2.04. The van der Waals surface area contributed by atoms with Gasteiger partial charge in [0.25, 0.3) is 0 Å². The first-order chi connectivity index (χ1) is 6.04. The Labute approximate surface area is 73.0 Å². The molecule has 0 spiro atoms. The van der Waals surface area contributed by atoms with Gasteiger partial charge in [0.05, 0.1) is 0 Å². The highest BCUT2D eigenvalue weighted by atomic mass is 19.4. The van der Waals surface area contributed by atoms with Crippen molar-refractivity contribution in [3.63, 3.8) is 0 Å². The lowest BCUT2D eigenvalue weighted by Crippen LogP contribution is -2.12. The molecule has 13 heavy (non-hydrogen) atoms. The highest BCUT2D eigenvalue weighted by molar-refractivity contribution is 5.05. The largest absolute Gasteiger partial charge is 0.451 e. The highest BCUT2D eigenvalue weighted by Crippen LogP contribution is 2.25. The monoisotopic (exact) mass is 191 g/mol. The molecule has 0 bridgehead atoms. The predicted molar refractivity (Wildman–Crippen MR) is 39.8 cm³/mol. The van der Waals surface area contributed by atoms with E-state index in [2.05, 4.69) is 15.3 Å². The van der Waals surface area contributed by atoms with Crippen LogP contribution in [0.2, 0.25) is 0 Å². The predicted octanol–water partition coefficient (Wildman–Crippen LogP) is 1.21. The van der Waals surface area contributed by atoms with Gasteiger partial charge in [0.15, 0.2) is 0 Å². The minimum atomic E-state index is -4.46. The van der Waals surface area contributed by atoms with E-state index in [1.54, 1.807) is 7.05 Å². The molecule has 1 aromatic heterocycles. The topological polar surface area (TPSA) is 37.8 Å². The van der Waals surface area contributed by atoms with Gasteiger partial charge >= 0.3 is 6.18 Å². The third-order valence-corrected chi connectivity index (χ3v) is 1.34. The maximum atomic E-state index is 12.0. The summed E-state index contributed by atoms with van der Waals surface area (Å²) in [4.78, 5) is 6.38.